The molecule has 1 unspecified atom stereocenters. The molecule has 0 aliphatic rings. The Balaban J connectivity index is 1.95. The molecule has 3 aromatic rings. The average Bonchev–Trinajstić information content (AvgIpc) is 3.14. The summed E-state index contributed by atoms with van der Waals surface area (Å²) < 4.78 is 13.2. The lowest BCUT2D eigenvalue weighted by molar-refractivity contribution is -0.385. The van der Waals surface area contributed by atoms with Gasteiger partial charge in [-0.05, 0) is 35.2 Å². The Morgan fingerprint density at radius 3 is 2.44 bits per heavy atom. The van der Waals surface area contributed by atoms with Crippen LogP contribution in [0.15, 0.2) is 66.0 Å². The highest BCUT2D eigenvalue weighted by molar-refractivity contribution is 7.10. The van der Waals surface area contributed by atoms with E-state index in [-0.39, 0.29) is 17.1 Å². The number of benzene rings is 2. The fourth-order valence-corrected chi connectivity index (χ4v) is 3.27. The molecule has 25 heavy (non-hydrogen) atoms. The number of carbonyl (C=O) groups is 1. The van der Waals surface area contributed by atoms with Crippen molar-refractivity contribution < 1.29 is 14.1 Å². The summed E-state index contributed by atoms with van der Waals surface area (Å²) >= 11 is 1.44. The van der Waals surface area contributed by atoms with E-state index in [1.807, 2.05) is 17.5 Å². The Bertz CT molecular complexity index is 895. The van der Waals surface area contributed by atoms with Crippen LogP contribution in [0.1, 0.15) is 26.8 Å². The summed E-state index contributed by atoms with van der Waals surface area (Å²) in [5.41, 5.74) is 0.413. The van der Waals surface area contributed by atoms with Crippen LogP contribution in [0.3, 0.4) is 0 Å². The average molecular weight is 356 g/mol. The van der Waals surface area contributed by atoms with Crippen molar-refractivity contribution in [3.63, 3.8) is 0 Å². The molecule has 5 nitrogen and oxygen atoms in total. The standard InChI is InChI=1S/C18H13FN2O3S/c19-13-9-7-12(8-10-13)17(16-6-3-11-25-16)20-18(22)14-4-1-2-5-15(14)21(23)24/h1-11,17H,(H,20,22). The van der Waals surface area contributed by atoms with E-state index in [1.54, 1.807) is 18.2 Å². The molecule has 1 amide bonds. The van der Waals surface area contributed by atoms with Crippen LogP contribution in [0.4, 0.5) is 10.1 Å². The first kappa shape index (κ1) is 16.8. The van der Waals surface area contributed by atoms with Crippen molar-refractivity contribution in [3.8, 4) is 0 Å². The van der Waals surface area contributed by atoms with Gasteiger partial charge >= 0.3 is 0 Å². The second-order valence-electron chi connectivity index (χ2n) is 5.25. The first-order valence-corrected chi connectivity index (χ1v) is 8.27. The number of halogens is 1. The van der Waals surface area contributed by atoms with Crippen LogP contribution in [-0.2, 0) is 0 Å². The fourth-order valence-electron chi connectivity index (χ4n) is 2.46. The van der Waals surface area contributed by atoms with Crippen molar-refractivity contribution in [1.82, 2.24) is 5.32 Å². The molecule has 2 aromatic carbocycles. The van der Waals surface area contributed by atoms with E-state index in [0.29, 0.717) is 5.56 Å². The van der Waals surface area contributed by atoms with Crippen molar-refractivity contribution in [1.29, 1.82) is 0 Å². The van der Waals surface area contributed by atoms with Gasteiger partial charge < -0.3 is 5.32 Å². The molecule has 0 aliphatic carbocycles. The van der Waals surface area contributed by atoms with Crippen molar-refractivity contribution in [3.05, 3.63) is 98.0 Å². The largest absolute Gasteiger partial charge is 0.340 e. The summed E-state index contributed by atoms with van der Waals surface area (Å²) in [6, 6.07) is 14.7. The number of carbonyl (C=O) groups excluding carboxylic acids is 1. The maximum atomic E-state index is 13.2. The Morgan fingerprint density at radius 1 is 1.08 bits per heavy atom. The number of rotatable bonds is 5. The minimum atomic E-state index is -0.590. The molecule has 1 aromatic heterocycles. The van der Waals surface area contributed by atoms with Gasteiger partial charge in [0.05, 0.1) is 11.0 Å². The number of hydrogen-bond acceptors (Lipinski definition) is 4. The number of para-hydroxylation sites is 1. The molecule has 0 saturated heterocycles. The first-order valence-electron chi connectivity index (χ1n) is 7.39. The molecule has 0 saturated carbocycles. The molecule has 7 heteroatoms. The van der Waals surface area contributed by atoms with Crippen LogP contribution >= 0.6 is 11.3 Å². The highest BCUT2D eigenvalue weighted by Gasteiger charge is 2.24. The smallest absolute Gasteiger partial charge is 0.282 e. The van der Waals surface area contributed by atoms with Crippen molar-refractivity contribution in [2.24, 2.45) is 0 Å². The van der Waals surface area contributed by atoms with Gasteiger partial charge in [-0.15, -0.1) is 11.3 Å². The summed E-state index contributed by atoms with van der Waals surface area (Å²) in [6.07, 6.45) is 0. The lowest BCUT2D eigenvalue weighted by Gasteiger charge is -2.18. The number of nitrogens with one attached hydrogen (secondary N) is 1. The van der Waals surface area contributed by atoms with Gasteiger partial charge in [-0.2, -0.15) is 0 Å². The molecule has 0 radical (unpaired) electrons. The van der Waals surface area contributed by atoms with Crippen molar-refractivity contribution in [2.45, 2.75) is 6.04 Å². The highest BCUT2D eigenvalue weighted by atomic mass is 32.1. The van der Waals surface area contributed by atoms with E-state index in [4.69, 9.17) is 0 Å². The molecule has 0 bridgehead atoms. The Morgan fingerprint density at radius 2 is 1.80 bits per heavy atom. The van der Waals surface area contributed by atoms with Gasteiger partial charge in [0.1, 0.15) is 11.4 Å². The third-order valence-corrected chi connectivity index (χ3v) is 4.59. The van der Waals surface area contributed by atoms with E-state index in [2.05, 4.69) is 5.32 Å². The molecule has 0 fully saturated rings. The van der Waals surface area contributed by atoms with Gasteiger partial charge in [0.25, 0.3) is 11.6 Å². The number of thiophene rings is 1. The van der Waals surface area contributed by atoms with Crippen LogP contribution in [0.5, 0.6) is 0 Å². The SMILES string of the molecule is O=C(NC(c1ccc(F)cc1)c1cccs1)c1ccccc1[N+](=O)[O-]. The zero-order valence-corrected chi connectivity index (χ0v) is 13.7. The third kappa shape index (κ3) is 3.72. The molecule has 0 spiro atoms. The van der Waals surface area contributed by atoms with Gasteiger partial charge in [0, 0.05) is 10.9 Å². The monoisotopic (exact) mass is 356 g/mol. The second-order valence-corrected chi connectivity index (χ2v) is 6.23. The number of nitro benzene ring substituents is 1. The maximum Gasteiger partial charge on any atom is 0.282 e. The Labute approximate surface area is 146 Å². The maximum absolute atomic E-state index is 13.2. The summed E-state index contributed by atoms with van der Waals surface area (Å²) in [5.74, 6) is -0.936. The zero-order valence-electron chi connectivity index (χ0n) is 12.9. The van der Waals surface area contributed by atoms with Crippen LogP contribution in [0.2, 0.25) is 0 Å². The van der Waals surface area contributed by atoms with Crippen LogP contribution < -0.4 is 5.32 Å². The first-order chi connectivity index (χ1) is 12.1. The van der Waals surface area contributed by atoms with Crippen LogP contribution in [0, 0.1) is 15.9 Å². The number of nitrogens with zero attached hydrogens (tertiary/aromatic N) is 1. The molecule has 0 aliphatic heterocycles. The van der Waals surface area contributed by atoms with Gasteiger partial charge in [-0.3, -0.25) is 14.9 Å². The summed E-state index contributed by atoms with van der Waals surface area (Å²) in [7, 11) is 0. The van der Waals surface area contributed by atoms with E-state index >= 15 is 0 Å². The second kappa shape index (κ2) is 7.23. The lowest BCUT2D eigenvalue weighted by Crippen LogP contribution is -2.29. The predicted octanol–water partition coefficient (Wildman–Crippen LogP) is 4.31. The molecule has 1 N–H and O–H groups in total. The van der Waals surface area contributed by atoms with Crippen LogP contribution in [0.25, 0.3) is 0 Å². The van der Waals surface area contributed by atoms with E-state index in [1.165, 1.54) is 41.7 Å². The van der Waals surface area contributed by atoms with Gasteiger partial charge in [-0.1, -0.05) is 30.3 Å². The summed E-state index contributed by atoms with van der Waals surface area (Å²) in [5, 5.41) is 15.8. The fraction of sp³-hybridized carbons (Fsp3) is 0.0556. The van der Waals surface area contributed by atoms with Gasteiger partial charge in [0.15, 0.2) is 0 Å². The van der Waals surface area contributed by atoms with E-state index in [9.17, 15) is 19.3 Å². The summed E-state index contributed by atoms with van der Waals surface area (Å²) in [6.45, 7) is 0. The predicted molar refractivity (Wildman–Crippen MR) is 93.1 cm³/mol. The van der Waals surface area contributed by atoms with E-state index < -0.39 is 16.9 Å². The Hall–Kier alpha value is -3.06. The number of hydrogen-bond donors (Lipinski definition) is 1. The molecule has 126 valence electrons. The quantitative estimate of drug-likeness (QED) is 0.547. The molecule has 1 atom stereocenters. The van der Waals surface area contributed by atoms with Crippen molar-refractivity contribution in [2.75, 3.05) is 0 Å². The highest BCUT2D eigenvalue weighted by Crippen LogP contribution is 2.27. The lowest BCUT2D eigenvalue weighted by atomic mass is 10.0. The number of nitro groups is 1. The third-order valence-electron chi connectivity index (χ3n) is 3.65. The molecule has 1 heterocycles. The minimum Gasteiger partial charge on any atom is -0.340 e. The molecular weight excluding hydrogens is 343 g/mol. The number of amides is 1. The molecular formula is C18H13FN2O3S. The molecule has 3 rings (SSSR count). The van der Waals surface area contributed by atoms with Crippen LogP contribution in [-0.4, -0.2) is 10.8 Å². The normalized spacial score (nSPS) is 11.7. The topological polar surface area (TPSA) is 72.2 Å². The van der Waals surface area contributed by atoms with Gasteiger partial charge in [0.2, 0.25) is 0 Å². The zero-order chi connectivity index (χ0) is 17.8. The van der Waals surface area contributed by atoms with Gasteiger partial charge in [-0.25, -0.2) is 4.39 Å². The summed E-state index contributed by atoms with van der Waals surface area (Å²) in [4.78, 5) is 24.0. The van der Waals surface area contributed by atoms with E-state index in [0.717, 1.165) is 4.88 Å². The Kier molecular flexibility index (Phi) is 4.85. The van der Waals surface area contributed by atoms with Crippen molar-refractivity contribution >= 4 is 22.9 Å². The minimum absolute atomic E-state index is 0.0174.